The first kappa shape index (κ1) is 26.0. The van der Waals surface area contributed by atoms with E-state index in [1.165, 1.54) is 23.2 Å². The van der Waals surface area contributed by atoms with Gasteiger partial charge in [-0.1, -0.05) is 30.3 Å². The molecule has 2 aromatic carbocycles. The number of hydrogen-bond acceptors (Lipinski definition) is 6. The molecule has 10 heteroatoms. The molecular formula is C31H26FN7O2. The van der Waals surface area contributed by atoms with Crippen molar-refractivity contribution in [2.75, 3.05) is 5.73 Å². The Hall–Kier alpha value is -5.30. The van der Waals surface area contributed by atoms with Crippen molar-refractivity contribution in [3.8, 4) is 34.0 Å². The van der Waals surface area contributed by atoms with E-state index in [0.29, 0.717) is 22.3 Å². The molecule has 0 saturated heterocycles. The fourth-order valence-electron chi connectivity index (χ4n) is 5.81. The third-order valence-electron chi connectivity index (χ3n) is 7.88. The van der Waals surface area contributed by atoms with Crippen molar-refractivity contribution in [3.63, 3.8) is 0 Å². The van der Waals surface area contributed by atoms with E-state index in [4.69, 9.17) is 11.5 Å². The van der Waals surface area contributed by atoms with E-state index >= 15 is 4.39 Å². The van der Waals surface area contributed by atoms with Gasteiger partial charge in [0.2, 0.25) is 0 Å². The molecule has 0 aliphatic heterocycles. The quantitative estimate of drug-likeness (QED) is 0.322. The maximum atomic E-state index is 15.9. The highest BCUT2D eigenvalue weighted by Gasteiger charge is 2.28. The number of nitrogen functional groups attached to an aromatic ring is 1. The number of anilines is 1. The van der Waals surface area contributed by atoms with Gasteiger partial charge < -0.3 is 11.5 Å². The number of carbonyl (C=O) groups excluding carboxylic acids is 1. The Kier molecular flexibility index (Phi) is 6.55. The second-order valence-electron chi connectivity index (χ2n) is 10.2. The molecule has 204 valence electrons. The summed E-state index contributed by atoms with van der Waals surface area (Å²) < 4.78 is 18.9. The predicted octanol–water partition coefficient (Wildman–Crippen LogP) is 4.83. The van der Waals surface area contributed by atoms with Gasteiger partial charge in [-0.15, -0.1) is 0 Å². The molecule has 0 atom stereocenters. The molecule has 1 amide bonds. The van der Waals surface area contributed by atoms with Gasteiger partial charge in [0.1, 0.15) is 23.2 Å². The molecule has 1 aliphatic rings. The first-order chi connectivity index (χ1) is 19.9. The topological polar surface area (TPSA) is 145 Å². The first-order valence-electron chi connectivity index (χ1n) is 13.3. The van der Waals surface area contributed by atoms with Gasteiger partial charge in [0.05, 0.1) is 6.07 Å². The highest BCUT2D eigenvalue weighted by Crippen LogP contribution is 2.41. The van der Waals surface area contributed by atoms with Gasteiger partial charge >= 0.3 is 0 Å². The molecule has 4 N–H and O–H groups in total. The van der Waals surface area contributed by atoms with Gasteiger partial charge in [-0.2, -0.15) is 10.4 Å². The monoisotopic (exact) mass is 547 g/mol. The number of fused-ring (bicyclic) bond motifs is 1. The molecule has 0 spiro atoms. The Morgan fingerprint density at radius 3 is 2.44 bits per heavy atom. The van der Waals surface area contributed by atoms with E-state index in [2.05, 4.69) is 16.2 Å². The number of hydrogen-bond donors (Lipinski definition) is 2. The van der Waals surface area contributed by atoms with Crippen LogP contribution in [0.1, 0.15) is 47.7 Å². The van der Waals surface area contributed by atoms with Crippen LogP contribution in [-0.4, -0.2) is 25.1 Å². The summed E-state index contributed by atoms with van der Waals surface area (Å²) in [5.41, 5.74) is 14.4. The first-order valence-corrected chi connectivity index (χ1v) is 13.3. The number of pyridine rings is 1. The van der Waals surface area contributed by atoms with Crippen molar-refractivity contribution in [1.29, 1.82) is 5.26 Å². The lowest BCUT2D eigenvalue weighted by Gasteiger charge is -2.24. The number of para-hydroxylation sites is 1. The van der Waals surface area contributed by atoms with Crippen molar-refractivity contribution < 1.29 is 9.18 Å². The Morgan fingerprint density at radius 1 is 1.00 bits per heavy atom. The standard InChI is InChI=1S/C31H26FN7O2/c32-25-14-20(22-12-13-38(21-4-2-1-3-5-21)31(41)27(22)30(35)40)10-11-23(25)24-15-26(19-8-6-18(16-33)7-9-19)39-28(24)29(34)36-17-37-39/h1-5,10-15,17-19H,6-9H2,(H2,35,40)(H2,34,36,37)/t18-,19-. The van der Waals surface area contributed by atoms with E-state index in [0.717, 1.165) is 31.4 Å². The van der Waals surface area contributed by atoms with Crippen LogP contribution < -0.4 is 17.0 Å². The summed E-state index contributed by atoms with van der Waals surface area (Å²) in [5, 5.41) is 13.7. The molecule has 0 bridgehead atoms. The molecule has 9 nitrogen and oxygen atoms in total. The number of nitrogens with zero attached hydrogens (tertiary/aromatic N) is 5. The maximum absolute atomic E-state index is 15.9. The second kappa shape index (κ2) is 10.4. The highest BCUT2D eigenvalue weighted by atomic mass is 19.1. The van der Waals surface area contributed by atoms with Gasteiger partial charge in [0.15, 0.2) is 5.82 Å². The Labute approximate surface area is 234 Å². The van der Waals surface area contributed by atoms with Crippen LogP contribution >= 0.6 is 0 Å². The third kappa shape index (κ3) is 4.51. The zero-order valence-electron chi connectivity index (χ0n) is 22.0. The fourth-order valence-corrected chi connectivity index (χ4v) is 5.81. The number of rotatable bonds is 5. The van der Waals surface area contributed by atoms with E-state index in [9.17, 15) is 14.9 Å². The van der Waals surface area contributed by atoms with Crippen LogP contribution in [0.15, 0.2) is 78.0 Å². The normalized spacial score (nSPS) is 16.9. The molecule has 5 aromatic rings. The zero-order valence-corrected chi connectivity index (χ0v) is 22.0. The van der Waals surface area contributed by atoms with Crippen LogP contribution in [0.4, 0.5) is 10.2 Å². The van der Waals surface area contributed by atoms with E-state index in [1.807, 2.05) is 12.1 Å². The molecule has 6 rings (SSSR count). The van der Waals surface area contributed by atoms with Crippen LogP contribution in [0.3, 0.4) is 0 Å². The number of benzene rings is 2. The average molecular weight is 548 g/mol. The molecule has 3 heterocycles. The number of amides is 1. The van der Waals surface area contributed by atoms with Gasteiger partial charge in [-0.25, -0.2) is 13.9 Å². The smallest absolute Gasteiger partial charge is 0.268 e. The lowest BCUT2D eigenvalue weighted by atomic mass is 9.81. The number of nitriles is 1. The number of halogens is 1. The highest BCUT2D eigenvalue weighted by molar-refractivity contribution is 6.00. The van der Waals surface area contributed by atoms with Crippen molar-refractivity contribution in [3.05, 3.63) is 101 Å². The molecule has 3 aromatic heterocycles. The SMILES string of the molecule is N#C[C@H]1CC[C@H](c2cc(-c3ccc(-c4ccn(-c5ccccc5)c(=O)c4C(N)=O)cc3F)c3c(N)ncnn32)CC1. The van der Waals surface area contributed by atoms with Crippen LogP contribution in [0.2, 0.25) is 0 Å². The summed E-state index contributed by atoms with van der Waals surface area (Å²) in [6.45, 7) is 0. The largest absolute Gasteiger partial charge is 0.382 e. The molecule has 0 unspecified atom stereocenters. The van der Waals surface area contributed by atoms with Gasteiger partial charge in [-0.05, 0) is 61.6 Å². The predicted molar refractivity (Wildman–Crippen MR) is 153 cm³/mol. The summed E-state index contributed by atoms with van der Waals surface area (Å²) in [6.07, 6.45) is 6.13. The minimum atomic E-state index is -0.904. The fraction of sp³-hybridized carbons (Fsp3) is 0.194. The Morgan fingerprint density at radius 2 is 1.76 bits per heavy atom. The van der Waals surface area contributed by atoms with Crippen LogP contribution in [0.25, 0.3) is 33.5 Å². The lowest BCUT2D eigenvalue weighted by Crippen LogP contribution is -2.29. The molecule has 1 saturated carbocycles. The Balaban J connectivity index is 1.44. The Bertz CT molecular complexity index is 1900. The van der Waals surface area contributed by atoms with Gasteiger partial charge in [0.25, 0.3) is 11.5 Å². The summed E-state index contributed by atoms with van der Waals surface area (Å²) in [4.78, 5) is 29.8. The van der Waals surface area contributed by atoms with Crippen LogP contribution in [-0.2, 0) is 0 Å². The maximum Gasteiger partial charge on any atom is 0.268 e. The number of aromatic nitrogens is 4. The van der Waals surface area contributed by atoms with Gasteiger partial charge in [0, 0.05) is 46.1 Å². The zero-order chi connectivity index (χ0) is 28.7. The second-order valence-corrected chi connectivity index (χ2v) is 10.2. The average Bonchev–Trinajstić information content (AvgIpc) is 3.38. The molecule has 1 aliphatic carbocycles. The molecular weight excluding hydrogens is 521 g/mol. The van der Waals surface area contributed by atoms with Crippen molar-refractivity contribution >= 4 is 17.2 Å². The summed E-state index contributed by atoms with van der Waals surface area (Å²) >= 11 is 0. The number of carbonyl (C=O) groups is 1. The molecule has 41 heavy (non-hydrogen) atoms. The minimum Gasteiger partial charge on any atom is -0.382 e. The van der Waals surface area contributed by atoms with E-state index < -0.39 is 17.3 Å². The lowest BCUT2D eigenvalue weighted by molar-refractivity contribution is 0.0999. The van der Waals surface area contributed by atoms with E-state index in [-0.39, 0.29) is 34.3 Å². The van der Waals surface area contributed by atoms with Crippen LogP contribution in [0.5, 0.6) is 0 Å². The summed E-state index contributed by atoms with van der Waals surface area (Å²) in [5.74, 6) is -1.07. The number of primary amides is 1. The number of nitrogens with two attached hydrogens (primary N) is 2. The van der Waals surface area contributed by atoms with E-state index in [1.54, 1.807) is 47.0 Å². The third-order valence-corrected chi connectivity index (χ3v) is 7.88. The van der Waals surface area contributed by atoms with Crippen LogP contribution in [0, 0.1) is 23.1 Å². The summed E-state index contributed by atoms with van der Waals surface area (Å²) in [7, 11) is 0. The molecule has 0 radical (unpaired) electrons. The molecule has 1 fully saturated rings. The van der Waals surface area contributed by atoms with Crippen molar-refractivity contribution in [2.45, 2.75) is 31.6 Å². The van der Waals surface area contributed by atoms with Gasteiger partial charge in [-0.3, -0.25) is 14.2 Å². The minimum absolute atomic E-state index is 0.0433. The van der Waals surface area contributed by atoms with Crippen molar-refractivity contribution in [2.24, 2.45) is 11.7 Å². The summed E-state index contributed by atoms with van der Waals surface area (Å²) in [6, 6.07) is 19.2. The van der Waals surface area contributed by atoms with Crippen molar-refractivity contribution in [1.82, 2.24) is 19.2 Å².